The SMILES string of the molecule is O=C(c1cnccn1)N1CCC2(CC1)CN(Cc1nccs1)CCO2. The van der Waals surface area contributed by atoms with Crippen molar-refractivity contribution in [1.82, 2.24) is 24.8 Å². The van der Waals surface area contributed by atoms with E-state index in [4.69, 9.17) is 4.74 Å². The summed E-state index contributed by atoms with van der Waals surface area (Å²) >= 11 is 1.69. The van der Waals surface area contributed by atoms with Gasteiger partial charge in [-0.25, -0.2) is 9.97 Å². The van der Waals surface area contributed by atoms with E-state index in [1.165, 1.54) is 6.20 Å². The van der Waals surface area contributed by atoms with E-state index in [-0.39, 0.29) is 11.5 Å². The largest absolute Gasteiger partial charge is 0.372 e. The number of carbonyl (C=O) groups is 1. The molecule has 2 aliphatic rings. The fourth-order valence-corrected chi connectivity index (χ4v) is 4.23. The van der Waals surface area contributed by atoms with Crippen molar-refractivity contribution in [2.75, 3.05) is 32.8 Å². The first-order chi connectivity index (χ1) is 12.2. The van der Waals surface area contributed by atoms with E-state index >= 15 is 0 Å². The predicted molar refractivity (Wildman–Crippen MR) is 93.2 cm³/mol. The van der Waals surface area contributed by atoms with Gasteiger partial charge in [0.25, 0.3) is 5.91 Å². The molecule has 2 aromatic rings. The third-order valence-corrected chi connectivity index (χ3v) is 5.68. The van der Waals surface area contributed by atoms with E-state index < -0.39 is 0 Å². The molecular weight excluding hydrogens is 338 g/mol. The molecule has 0 unspecified atom stereocenters. The lowest BCUT2D eigenvalue weighted by Crippen LogP contribution is -2.57. The van der Waals surface area contributed by atoms with Crippen molar-refractivity contribution in [3.63, 3.8) is 0 Å². The second-order valence-corrected chi connectivity index (χ2v) is 7.53. The summed E-state index contributed by atoms with van der Waals surface area (Å²) in [6.07, 6.45) is 8.22. The van der Waals surface area contributed by atoms with Crippen LogP contribution in [0.25, 0.3) is 0 Å². The summed E-state index contributed by atoms with van der Waals surface area (Å²) < 4.78 is 6.17. The van der Waals surface area contributed by atoms with Gasteiger partial charge in [0.2, 0.25) is 0 Å². The molecule has 1 amide bonds. The normalized spacial score (nSPS) is 20.7. The first-order valence-electron chi connectivity index (χ1n) is 8.54. The summed E-state index contributed by atoms with van der Waals surface area (Å²) in [6, 6.07) is 0. The lowest BCUT2D eigenvalue weighted by atomic mass is 9.89. The van der Waals surface area contributed by atoms with Crippen LogP contribution in [0.3, 0.4) is 0 Å². The van der Waals surface area contributed by atoms with Gasteiger partial charge in [-0.2, -0.15) is 0 Å². The van der Waals surface area contributed by atoms with E-state index in [9.17, 15) is 4.79 Å². The third kappa shape index (κ3) is 3.70. The van der Waals surface area contributed by atoms with E-state index in [0.29, 0.717) is 18.8 Å². The van der Waals surface area contributed by atoms with E-state index in [1.807, 2.05) is 16.5 Å². The third-order valence-electron chi connectivity index (χ3n) is 4.91. The number of aromatic nitrogens is 3. The van der Waals surface area contributed by atoms with Crippen LogP contribution in [0.1, 0.15) is 28.3 Å². The van der Waals surface area contributed by atoms with Crippen molar-refractivity contribution in [2.24, 2.45) is 0 Å². The van der Waals surface area contributed by atoms with Crippen LogP contribution in [0, 0.1) is 0 Å². The van der Waals surface area contributed by atoms with Crippen LogP contribution >= 0.6 is 11.3 Å². The number of amides is 1. The number of ether oxygens (including phenoxy) is 1. The minimum Gasteiger partial charge on any atom is -0.372 e. The molecule has 8 heteroatoms. The number of piperidine rings is 1. The Balaban J connectivity index is 1.36. The minimum atomic E-state index is -0.144. The number of nitrogens with zero attached hydrogens (tertiary/aromatic N) is 5. The number of hydrogen-bond acceptors (Lipinski definition) is 7. The molecule has 4 heterocycles. The summed E-state index contributed by atoms with van der Waals surface area (Å²) in [5.74, 6) is -0.0431. The number of rotatable bonds is 3. The highest BCUT2D eigenvalue weighted by Crippen LogP contribution is 2.31. The lowest BCUT2D eigenvalue weighted by molar-refractivity contribution is -0.134. The maximum Gasteiger partial charge on any atom is 0.274 e. The maximum atomic E-state index is 12.5. The van der Waals surface area contributed by atoms with Gasteiger partial charge < -0.3 is 9.64 Å². The Hall–Kier alpha value is -1.90. The number of hydrogen-bond donors (Lipinski definition) is 0. The molecule has 25 heavy (non-hydrogen) atoms. The summed E-state index contributed by atoms with van der Waals surface area (Å²) in [5, 5.41) is 3.16. The molecule has 2 aliphatic heterocycles. The second-order valence-electron chi connectivity index (χ2n) is 6.55. The van der Waals surface area contributed by atoms with Crippen molar-refractivity contribution in [3.8, 4) is 0 Å². The predicted octanol–water partition coefficient (Wildman–Crippen LogP) is 1.44. The first kappa shape index (κ1) is 16.6. The molecule has 0 bridgehead atoms. The number of carbonyl (C=O) groups excluding carboxylic acids is 1. The van der Waals surface area contributed by atoms with Gasteiger partial charge in [0, 0.05) is 50.1 Å². The van der Waals surface area contributed by atoms with Crippen LogP contribution in [0.2, 0.25) is 0 Å². The summed E-state index contributed by atoms with van der Waals surface area (Å²) in [6.45, 7) is 4.85. The molecule has 1 spiro atoms. The smallest absolute Gasteiger partial charge is 0.274 e. The van der Waals surface area contributed by atoms with Gasteiger partial charge in [-0.1, -0.05) is 0 Å². The number of morpholine rings is 1. The highest BCUT2D eigenvalue weighted by Gasteiger charge is 2.40. The first-order valence-corrected chi connectivity index (χ1v) is 9.42. The van der Waals surface area contributed by atoms with Crippen LogP contribution < -0.4 is 0 Å². The van der Waals surface area contributed by atoms with E-state index in [1.54, 1.807) is 23.7 Å². The van der Waals surface area contributed by atoms with Gasteiger partial charge in [-0.3, -0.25) is 14.7 Å². The molecule has 0 atom stereocenters. The summed E-state index contributed by atoms with van der Waals surface area (Å²) in [4.78, 5) is 29.3. The molecule has 7 nitrogen and oxygen atoms in total. The Morgan fingerprint density at radius 2 is 2.08 bits per heavy atom. The molecular formula is C17H21N5O2S. The molecule has 0 radical (unpaired) electrons. The van der Waals surface area contributed by atoms with Crippen molar-refractivity contribution >= 4 is 17.2 Å². The Bertz CT molecular complexity index is 701. The second kappa shape index (κ2) is 7.15. The average molecular weight is 359 g/mol. The summed E-state index contributed by atoms with van der Waals surface area (Å²) in [5.41, 5.74) is 0.266. The topological polar surface area (TPSA) is 71.5 Å². The Morgan fingerprint density at radius 1 is 1.20 bits per heavy atom. The number of likely N-dealkylation sites (tertiary alicyclic amines) is 1. The zero-order chi connectivity index (χ0) is 17.1. The van der Waals surface area contributed by atoms with Gasteiger partial charge >= 0.3 is 0 Å². The Morgan fingerprint density at radius 3 is 2.80 bits per heavy atom. The molecule has 132 valence electrons. The fraction of sp³-hybridized carbons (Fsp3) is 0.529. The highest BCUT2D eigenvalue weighted by molar-refractivity contribution is 7.09. The molecule has 0 aromatic carbocycles. The van der Waals surface area contributed by atoms with Gasteiger partial charge in [0.15, 0.2) is 0 Å². The molecule has 0 aliphatic carbocycles. The zero-order valence-corrected chi connectivity index (χ0v) is 14.8. The van der Waals surface area contributed by atoms with Gasteiger partial charge in [-0.15, -0.1) is 11.3 Å². The van der Waals surface area contributed by atoms with Gasteiger partial charge in [0.1, 0.15) is 10.7 Å². The van der Waals surface area contributed by atoms with Gasteiger partial charge in [0.05, 0.1) is 24.9 Å². The Kier molecular flexibility index (Phi) is 4.74. The van der Waals surface area contributed by atoms with Crippen LogP contribution in [0.4, 0.5) is 0 Å². The van der Waals surface area contributed by atoms with Crippen molar-refractivity contribution < 1.29 is 9.53 Å². The quantitative estimate of drug-likeness (QED) is 0.826. The van der Waals surface area contributed by atoms with Crippen LogP contribution in [0.5, 0.6) is 0 Å². The van der Waals surface area contributed by atoms with Crippen LogP contribution in [-0.2, 0) is 11.3 Å². The van der Waals surface area contributed by atoms with E-state index in [2.05, 4.69) is 19.9 Å². The van der Waals surface area contributed by atoms with Crippen molar-refractivity contribution in [1.29, 1.82) is 0 Å². The average Bonchev–Trinajstić information content (AvgIpc) is 3.16. The number of thiazole rings is 1. The van der Waals surface area contributed by atoms with Gasteiger partial charge in [-0.05, 0) is 12.8 Å². The minimum absolute atomic E-state index is 0.0431. The highest BCUT2D eigenvalue weighted by atomic mass is 32.1. The van der Waals surface area contributed by atoms with Crippen molar-refractivity contribution in [2.45, 2.75) is 25.0 Å². The molecule has 4 rings (SSSR count). The molecule has 2 saturated heterocycles. The lowest BCUT2D eigenvalue weighted by Gasteiger charge is -2.47. The van der Waals surface area contributed by atoms with Crippen LogP contribution in [-0.4, -0.2) is 69.0 Å². The molecule has 2 fully saturated rings. The van der Waals surface area contributed by atoms with Crippen molar-refractivity contribution in [3.05, 3.63) is 40.9 Å². The zero-order valence-electron chi connectivity index (χ0n) is 14.0. The monoisotopic (exact) mass is 359 g/mol. The summed E-state index contributed by atoms with van der Waals surface area (Å²) in [7, 11) is 0. The van der Waals surface area contributed by atoms with Crippen LogP contribution in [0.15, 0.2) is 30.2 Å². The fourth-order valence-electron chi connectivity index (χ4n) is 3.57. The molecule has 0 saturated carbocycles. The molecule has 0 N–H and O–H groups in total. The van der Waals surface area contributed by atoms with E-state index in [0.717, 1.165) is 44.1 Å². The Labute approximate surface area is 150 Å². The molecule has 2 aromatic heterocycles. The maximum absolute atomic E-state index is 12.5. The standard InChI is InChI=1S/C17H21N5O2S/c23-16(14-11-18-3-4-19-14)22-6-1-17(2-7-22)13-21(8-9-24-17)12-15-20-5-10-25-15/h3-5,10-11H,1-2,6-9,12-13H2.